The highest BCUT2D eigenvalue weighted by Crippen LogP contribution is 2.16. The van der Waals surface area contributed by atoms with Gasteiger partial charge in [0.15, 0.2) is 0 Å². The number of nitrogens with one attached hydrogen (secondary N) is 2. The van der Waals surface area contributed by atoms with E-state index >= 15 is 0 Å². The number of benzene rings is 1. The van der Waals surface area contributed by atoms with Crippen LogP contribution in [0.1, 0.15) is 33.0 Å². The Kier molecular flexibility index (Phi) is 5.22. The molecule has 0 spiro atoms. The highest BCUT2D eigenvalue weighted by molar-refractivity contribution is 6.03. The van der Waals surface area contributed by atoms with E-state index in [9.17, 15) is 4.79 Å². The molecule has 3 aromatic rings. The normalized spacial score (nSPS) is 10.4. The summed E-state index contributed by atoms with van der Waals surface area (Å²) in [6.07, 6.45) is 3.48. The van der Waals surface area contributed by atoms with Crippen LogP contribution in [0.15, 0.2) is 48.8 Å². The summed E-state index contributed by atoms with van der Waals surface area (Å²) in [6.45, 7) is 6.41. The number of amides is 1. The summed E-state index contributed by atoms with van der Waals surface area (Å²) in [7, 11) is 0. The second kappa shape index (κ2) is 7.74. The maximum atomic E-state index is 12.6. The summed E-state index contributed by atoms with van der Waals surface area (Å²) >= 11 is 0. The van der Waals surface area contributed by atoms with Crippen molar-refractivity contribution in [1.82, 2.24) is 15.0 Å². The Morgan fingerprint density at radius 2 is 1.73 bits per heavy atom. The third-order valence-electron chi connectivity index (χ3n) is 4.06. The van der Waals surface area contributed by atoms with Crippen LogP contribution < -0.4 is 10.6 Å². The zero-order chi connectivity index (χ0) is 18.5. The minimum absolute atomic E-state index is 0.259. The minimum atomic E-state index is -0.259. The summed E-state index contributed by atoms with van der Waals surface area (Å²) in [5.74, 6) is 0.889. The van der Waals surface area contributed by atoms with Crippen LogP contribution in [0, 0.1) is 20.8 Å². The highest BCUT2D eigenvalue weighted by atomic mass is 16.1. The first-order valence-electron chi connectivity index (χ1n) is 8.38. The molecular formula is C20H21N5O. The van der Waals surface area contributed by atoms with Crippen molar-refractivity contribution >= 4 is 17.4 Å². The fraction of sp³-hybridized carbons (Fsp3) is 0.200. The van der Waals surface area contributed by atoms with Crippen molar-refractivity contribution in [3.05, 3.63) is 77.0 Å². The Morgan fingerprint density at radius 1 is 0.962 bits per heavy atom. The van der Waals surface area contributed by atoms with E-state index in [-0.39, 0.29) is 5.91 Å². The second-order valence-electron chi connectivity index (χ2n) is 6.15. The van der Waals surface area contributed by atoms with E-state index in [0.29, 0.717) is 23.9 Å². The molecule has 6 heteroatoms. The lowest BCUT2D eigenvalue weighted by molar-refractivity contribution is 0.102. The molecule has 2 heterocycles. The predicted molar refractivity (Wildman–Crippen MR) is 102 cm³/mol. The number of nitrogens with zero attached hydrogens (tertiary/aromatic N) is 3. The van der Waals surface area contributed by atoms with Crippen LogP contribution >= 0.6 is 0 Å². The van der Waals surface area contributed by atoms with E-state index < -0.39 is 0 Å². The number of pyridine rings is 1. The minimum Gasteiger partial charge on any atom is -0.366 e. The van der Waals surface area contributed by atoms with Crippen LogP contribution in [-0.4, -0.2) is 20.9 Å². The molecule has 0 bridgehead atoms. The zero-order valence-corrected chi connectivity index (χ0v) is 15.1. The molecule has 0 radical (unpaired) electrons. The molecule has 0 fully saturated rings. The molecule has 26 heavy (non-hydrogen) atoms. The van der Waals surface area contributed by atoms with Crippen molar-refractivity contribution in [3.8, 4) is 0 Å². The Hall–Kier alpha value is -3.28. The van der Waals surface area contributed by atoms with Crippen molar-refractivity contribution in [1.29, 1.82) is 0 Å². The van der Waals surface area contributed by atoms with E-state index in [1.54, 1.807) is 25.4 Å². The number of rotatable bonds is 5. The first-order valence-corrected chi connectivity index (χ1v) is 8.38. The smallest absolute Gasteiger partial charge is 0.274 e. The van der Waals surface area contributed by atoms with Gasteiger partial charge in [-0.15, -0.1) is 0 Å². The maximum Gasteiger partial charge on any atom is 0.274 e. The summed E-state index contributed by atoms with van der Waals surface area (Å²) in [5, 5.41) is 6.11. The molecule has 3 rings (SSSR count). The summed E-state index contributed by atoms with van der Waals surface area (Å²) in [5.41, 5.74) is 4.47. The quantitative estimate of drug-likeness (QED) is 0.736. The molecule has 0 aliphatic heterocycles. The number of aromatic nitrogens is 3. The van der Waals surface area contributed by atoms with Crippen LogP contribution in [0.5, 0.6) is 0 Å². The fourth-order valence-corrected chi connectivity index (χ4v) is 2.48. The van der Waals surface area contributed by atoms with E-state index in [2.05, 4.69) is 25.6 Å². The number of carbonyl (C=O) groups is 1. The van der Waals surface area contributed by atoms with Gasteiger partial charge in [0.25, 0.3) is 5.91 Å². The van der Waals surface area contributed by atoms with E-state index in [1.807, 2.05) is 44.2 Å². The van der Waals surface area contributed by atoms with Gasteiger partial charge >= 0.3 is 0 Å². The standard InChI is InChI=1S/C20H21N5O/c1-13-4-5-17(10-14(13)2)25-20(26)18-11-19(24-15(3)23-18)22-12-16-6-8-21-9-7-16/h4-11H,12H2,1-3H3,(H,25,26)(H,22,23,24). The highest BCUT2D eigenvalue weighted by Gasteiger charge is 2.11. The number of anilines is 2. The van der Waals surface area contributed by atoms with Crippen molar-refractivity contribution in [3.63, 3.8) is 0 Å². The largest absolute Gasteiger partial charge is 0.366 e. The Balaban J connectivity index is 1.73. The van der Waals surface area contributed by atoms with Crippen molar-refractivity contribution in [2.75, 3.05) is 10.6 Å². The average Bonchev–Trinajstić information content (AvgIpc) is 2.63. The Morgan fingerprint density at radius 3 is 2.46 bits per heavy atom. The molecule has 1 aromatic carbocycles. The molecule has 0 aliphatic carbocycles. The van der Waals surface area contributed by atoms with Gasteiger partial charge in [0.1, 0.15) is 17.3 Å². The van der Waals surface area contributed by atoms with Gasteiger partial charge in [-0.25, -0.2) is 9.97 Å². The molecule has 0 saturated carbocycles. The third-order valence-corrected chi connectivity index (χ3v) is 4.06. The third kappa shape index (κ3) is 4.42. The average molecular weight is 347 g/mol. The number of hydrogen-bond acceptors (Lipinski definition) is 5. The van der Waals surface area contributed by atoms with Gasteiger partial charge in [0.05, 0.1) is 0 Å². The summed E-state index contributed by atoms with van der Waals surface area (Å²) < 4.78 is 0. The molecule has 0 unspecified atom stereocenters. The lowest BCUT2D eigenvalue weighted by atomic mass is 10.1. The van der Waals surface area contributed by atoms with Crippen LogP contribution in [0.4, 0.5) is 11.5 Å². The molecule has 2 aromatic heterocycles. The van der Waals surface area contributed by atoms with E-state index in [1.165, 1.54) is 5.56 Å². The van der Waals surface area contributed by atoms with E-state index in [0.717, 1.165) is 16.8 Å². The first-order chi connectivity index (χ1) is 12.5. The van der Waals surface area contributed by atoms with Gasteiger partial charge in [-0.1, -0.05) is 6.07 Å². The Labute approximate surface area is 152 Å². The number of hydrogen-bond donors (Lipinski definition) is 2. The number of aryl methyl sites for hydroxylation is 3. The zero-order valence-electron chi connectivity index (χ0n) is 15.1. The van der Waals surface area contributed by atoms with Crippen molar-refractivity contribution in [2.45, 2.75) is 27.3 Å². The SMILES string of the molecule is Cc1nc(NCc2ccncc2)cc(C(=O)Nc2ccc(C)c(C)c2)n1. The molecule has 2 N–H and O–H groups in total. The van der Waals surface area contributed by atoms with Gasteiger partial charge in [0, 0.05) is 30.7 Å². The molecular weight excluding hydrogens is 326 g/mol. The van der Waals surface area contributed by atoms with Crippen LogP contribution in [0.3, 0.4) is 0 Å². The molecule has 0 saturated heterocycles. The molecule has 0 aliphatic rings. The van der Waals surface area contributed by atoms with Crippen molar-refractivity contribution in [2.24, 2.45) is 0 Å². The van der Waals surface area contributed by atoms with Crippen LogP contribution in [-0.2, 0) is 6.54 Å². The first kappa shape index (κ1) is 17.5. The van der Waals surface area contributed by atoms with Gasteiger partial charge < -0.3 is 10.6 Å². The topological polar surface area (TPSA) is 79.8 Å². The van der Waals surface area contributed by atoms with Crippen LogP contribution in [0.2, 0.25) is 0 Å². The molecule has 1 amide bonds. The second-order valence-corrected chi connectivity index (χ2v) is 6.15. The van der Waals surface area contributed by atoms with Gasteiger partial charge in [-0.05, 0) is 61.7 Å². The molecule has 0 atom stereocenters. The fourth-order valence-electron chi connectivity index (χ4n) is 2.48. The lowest BCUT2D eigenvalue weighted by Crippen LogP contribution is -2.16. The lowest BCUT2D eigenvalue weighted by Gasteiger charge is -2.10. The summed E-state index contributed by atoms with van der Waals surface area (Å²) in [4.78, 5) is 25.1. The number of carbonyl (C=O) groups excluding carboxylic acids is 1. The molecule has 132 valence electrons. The van der Waals surface area contributed by atoms with Crippen LogP contribution in [0.25, 0.3) is 0 Å². The molecule has 6 nitrogen and oxygen atoms in total. The maximum absolute atomic E-state index is 12.6. The van der Waals surface area contributed by atoms with Gasteiger partial charge in [0.2, 0.25) is 0 Å². The van der Waals surface area contributed by atoms with Gasteiger partial charge in [-0.3, -0.25) is 9.78 Å². The summed E-state index contributed by atoms with van der Waals surface area (Å²) in [6, 6.07) is 11.3. The predicted octanol–water partition coefficient (Wildman–Crippen LogP) is 3.66. The van der Waals surface area contributed by atoms with E-state index in [4.69, 9.17) is 0 Å². The monoisotopic (exact) mass is 347 g/mol. The van der Waals surface area contributed by atoms with Crippen molar-refractivity contribution < 1.29 is 4.79 Å². The Bertz CT molecular complexity index is 925. The van der Waals surface area contributed by atoms with Gasteiger partial charge in [-0.2, -0.15) is 0 Å².